The average molecular weight is 381 g/mol. The Kier molecular flexibility index (Phi) is 5.54. The van der Waals surface area contributed by atoms with Crippen molar-refractivity contribution in [3.63, 3.8) is 0 Å². The van der Waals surface area contributed by atoms with Gasteiger partial charge in [-0.25, -0.2) is 15.0 Å². The summed E-state index contributed by atoms with van der Waals surface area (Å²) >= 11 is 0. The maximum absolute atomic E-state index is 10.5. The maximum Gasteiger partial charge on any atom is 0.165 e. The monoisotopic (exact) mass is 381 g/mol. The number of ether oxygens (including phenoxy) is 1. The van der Waals surface area contributed by atoms with Gasteiger partial charge in [0.15, 0.2) is 23.2 Å². The number of fused-ring (bicyclic) bond motifs is 2. The maximum atomic E-state index is 10.5. The first-order valence-corrected chi connectivity index (χ1v) is 10.0. The molecular weight excluding hydrogens is 354 g/mol. The van der Waals surface area contributed by atoms with Crippen LogP contribution in [-0.2, 0) is 11.3 Å². The summed E-state index contributed by atoms with van der Waals surface area (Å²) < 4.78 is 7.17. The highest BCUT2D eigenvalue weighted by molar-refractivity contribution is 5.67. The Morgan fingerprint density at radius 1 is 1.18 bits per heavy atom. The highest BCUT2D eigenvalue weighted by Gasteiger charge is 2.36. The first kappa shape index (κ1) is 18.8. The lowest BCUT2D eigenvalue weighted by Crippen LogP contribution is -2.25. The minimum absolute atomic E-state index is 0.399. The molecule has 148 valence electrons. The van der Waals surface area contributed by atoms with Crippen LogP contribution in [0.4, 0.5) is 5.82 Å². The summed E-state index contributed by atoms with van der Waals surface area (Å²) in [6, 6.07) is 9.42. The topological polar surface area (TPSA) is 85.1 Å². The van der Waals surface area contributed by atoms with Crippen LogP contribution in [0.5, 0.6) is 0 Å². The van der Waals surface area contributed by atoms with Gasteiger partial charge < -0.3 is 19.7 Å². The zero-order chi connectivity index (χ0) is 19.5. The van der Waals surface area contributed by atoms with Gasteiger partial charge in [0.25, 0.3) is 0 Å². The van der Waals surface area contributed by atoms with Crippen LogP contribution >= 0.6 is 0 Å². The van der Waals surface area contributed by atoms with E-state index in [9.17, 15) is 5.11 Å². The lowest BCUT2D eigenvalue weighted by Gasteiger charge is -2.23. The molecule has 2 saturated heterocycles. The Balaban J connectivity index is 0.000000268. The van der Waals surface area contributed by atoms with Gasteiger partial charge in [0.1, 0.15) is 6.10 Å². The minimum Gasteiger partial charge on any atom is -0.380 e. The molecule has 5 aliphatic rings. The quantitative estimate of drug-likeness (QED) is 0.706. The van der Waals surface area contributed by atoms with Crippen LogP contribution in [0.2, 0.25) is 0 Å². The van der Waals surface area contributed by atoms with Gasteiger partial charge in [0.2, 0.25) is 0 Å². The number of nitrogens with one attached hydrogen (secondary N) is 1. The van der Waals surface area contributed by atoms with Crippen molar-refractivity contribution in [2.45, 2.75) is 58.0 Å². The summed E-state index contributed by atoms with van der Waals surface area (Å²) in [4.78, 5) is 13.4. The molecule has 6 rings (SSSR count). The largest absolute Gasteiger partial charge is 0.380 e. The Morgan fingerprint density at radius 2 is 1.89 bits per heavy atom. The zero-order valence-corrected chi connectivity index (χ0v) is 16.4. The Morgan fingerprint density at radius 3 is 2.46 bits per heavy atom. The lowest BCUT2D eigenvalue weighted by molar-refractivity contribution is -0.0647. The minimum atomic E-state index is -0.839. The summed E-state index contributed by atoms with van der Waals surface area (Å²) in [5.74, 6) is 1.83. The molecule has 4 aliphatic heterocycles. The fraction of sp³-hybridized carbons (Fsp3) is 0.476. The van der Waals surface area contributed by atoms with Crippen molar-refractivity contribution in [3.05, 3.63) is 48.0 Å². The van der Waals surface area contributed by atoms with Crippen molar-refractivity contribution in [2.75, 3.05) is 11.9 Å². The number of benzene rings is 1. The third-order valence-electron chi connectivity index (χ3n) is 5.25. The van der Waals surface area contributed by atoms with E-state index in [1.54, 1.807) is 6.33 Å². The molecule has 1 aliphatic carbocycles. The molecule has 28 heavy (non-hydrogen) atoms. The standard InChI is InChI=1S/C16H19N5O.C5H8O/c1-3-17-14-12-16(21(4-2)10-18-14)20-15(19-12)13(22)11-8-6-5-7-9-11;1-2-5-3-4(1)6-5/h5-10,13,17,22H,3-4H2,1-2H3;4-5H,1-3H2. The van der Waals surface area contributed by atoms with Gasteiger partial charge in [-0.3, -0.25) is 0 Å². The predicted octanol–water partition coefficient (Wildman–Crippen LogP) is 3.25. The molecule has 4 heterocycles. The van der Waals surface area contributed by atoms with Gasteiger partial charge in [-0.15, -0.1) is 0 Å². The number of nitrogens with zero attached hydrogens (tertiary/aromatic N) is 4. The Hall–Kier alpha value is -2.51. The van der Waals surface area contributed by atoms with E-state index in [1.165, 1.54) is 19.3 Å². The lowest BCUT2D eigenvalue weighted by atomic mass is 10.1. The van der Waals surface area contributed by atoms with Crippen molar-refractivity contribution in [1.29, 1.82) is 0 Å². The van der Waals surface area contributed by atoms with Crippen LogP contribution in [0, 0.1) is 0 Å². The third-order valence-corrected chi connectivity index (χ3v) is 5.25. The van der Waals surface area contributed by atoms with Crippen LogP contribution < -0.4 is 5.32 Å². The van der Waals surface area contributed by atoms with E-state index < -0.39 is 6.10 Å². The second-order valence-corrected chi connectivity index (χ2v) is 7.17. The van der Waals surface area contributed by atoms with E-state index in [-0.39, 0.29) is 0 Å². The first-order chi connectivity index (χ1) is 13.7. The van der Waals surface area contributed by atoms with Crippen LogP contribution in [0.1, 0.15) is 50.6 Å². The van der Waals surface area contributed by atoms with Gasteiger partial charge in [0, 0.05) is 13.1 Å². The van der Waals surface area contributed by atoms with Gasteiger partial charge >= 0.3 is 0 Å². The summed E-state index contributed by atoms with van der Waals surface area (Å²) in [5, 5.41) is 13.7. The molecule has 1 aromatic carbocycles. The van der Waals surface area contributed by atoms with E-state index in [4.69, 9.17) is 4.74 Å². The molecule has 7 heteroatoms. The van der Waals surface area contributed by atoms with Crippen molar-refractivity contribution >= 4 is 5.82 Å². The van der Waals surface area contributed by atoms with E-state index in [2.05, 4.69) is 20.3 Å². The number of anilines is 1. The molecule has 3 unspecified atom stereocenters. The highest BCUT2D eigenvalue weighted by Crippen LogP contribution is 2.36. The fourth-order valence-electron chi connectivity index (χ4n) is 3.69. The summed E-state index contributed by atoms with van der Waals surface area (Å²) in [6.07, 6.45) is 6.32. The number of aryl methyl sites for hydroxylation is 1. The first-order valence-electron chi connectivity index (χ1n) is 10.0. The molecule has 0 amide bonds. The Bertz CT molecular complexity index is 862. The number of aliphatic hydroxyl groups excluding tert-OH is 1. The predicted molar refractivity (Wildman–Crippen MR) is 107 cm³/mol. The van der Waals surface area contributed by atoms with Crippen molar-refractivity contribution in [2.24, 2.45) is 0 Å². The number of aromatic nitrogens is 4. The number of hydrogen-bond donors (Lipinski definition) is 2. The summed E-state index contributed by atoms with van der Waals surface area (Å²) in [6.45, 7) is 5.53. The van der Waals surface area contributed by atoms with Crippen molar-refractivity contribution < 1.29 is 9.84 Å². The van der Waals surface area contributed by atoms with E-state index in [0.29, 0.717) is 29.5 Å². The normalized spacial score (nSPS) is 21.0. The molecule has 1 aromatic rings. The van der Waals surface area contributed by atoms with Crippen LogP contribution in [0.3, 0.4) is 0 Å². The molecule has 2 N–H and O–H groups in total. The molecule has 3 fully saturated rings. The Labute approximate surface area is 165 Å². The molecule has 0 spiro atoms. The number of imidazole rings is 1. The fourth-order valence-corrected chi connectivity index (χ4v) is 3.69. The number of hydrogen-bond acceptors (Lipinski definition) is 6. The van der Waals surface area contributed by atoms with Gasteiger partial charge in [-0.2, -0.15) is 0 Å². The molecule has 7 nitrogen and oxygen atoms in total. The summed E-state index contributed by atoms with van der Waals surface area (Å²) in [7, 11) is 0. The van der Waals surface area contributed by atoms with E-state index >= 15 is 0 Å². The van der Waals surface area contributed by atoms with Crippen molar-refractivity contribution in [3.8, 4) is 11.5 Å². The van der Waals surface area contributed by atoms with Gasteiger partial charge in [-0.05, 0) is 38.7 Å². The molecular formula is C21H27N5O2. The smallest absolute Gasteiger partial charge is 0.165 e. The van der Waals surface area contributed by atoms with Crippen molar-refractivity contribution in [1.82, 2.24) is 19.5 Å². The molecule has 0 aromatic heterocycles. The second-order valence-electron chi connectivity index (χ2n) is 7.17. The number of rotatable bonds is 5. The van der Waals surface area contributed by atoms with Gasteiger partial charge in [-0.1, -0.05) is 30.3 Å². The molecule has 3 atom stereocenters. The zero-order valence-electron chi connectivity index (χ0n) is 16.4. The second kappa shape index (κ2) is 8.24. The van der Waals surface area contributed by atoms with Crippen LogP contribution in [0.15, 0.2) is 36.7 Å². The number of aliphatic hydroxyl groups is 1. The van der Waals surface area contributed by atoms with Gasteiger partial charge in [0.05, 0.1) is 18.5 Å². The van der Waals surface area contributed by atoms with Crippen LogP contribution in [0.25, 0.3) is 11.5 Å². The van der Waals surface area contributed by atoms with Crippen LogP contribution in [-0.4, -0.2) is 43.4 Å². The third kappa shape index (κ3) is 3.72. The molecule has 0 radical (unpaired) electrons. The summed E-state index contributed by atoms with van der Waals surface area (Å²) in [5.41, 5.74) is 1.47. The molecule has 1 saturated carbocycles. The SMILES string of the molecule is C1CC2CC1O2.CCNc1ncn(CC)c2nc(C(O)c3ccccc3)nc1-2. The van der Waals surface area contributed by atoms with E-state index in [1.807, 2.05) is 48.7 Å². The molecule has 2 bridgehead atoms. The van der Waals surface area contributed by atoms with E-state index in [0.717, 1.165) is 24.5 Å². The highest BCUT2D eigenvalue weighted by atomic mass is 16.5. The average Bonchev–Trinajstić information content (AvgIpc) is 3.45.